The molecule has 0 amide bonds. The molecule has 1 atom stereocenters. The smallest absolute Gasteiger partial charge is 0.430 e. The Morgan fingerprint density at radius 1 is 1.11 bits per heavy atom. The number of quaternary nitrogens is 1. The summed E-state index contributed by atoms with van der Waals surface area (Å²) >= 11 is 2.72. The molecule has 0 saturated carbocycles. The summed E-state index contributed by atoms with van der Waals surface area (Å²) in [4.78, 5) is 35.0. The third-order valence-corrected chi connectivity index (χ3v) is 8.86. The summed E-state index contributed by atoms with van der Waals surface area (Å²) in [5.41, 5.74) is -1.76. The van der Waals surface area contributed by atoms with Crippen molar-refractivity contribution in [3.63, 3.8) is 0 Å². The van der Waals surface area contributed by atoms with Gasteiger partial charge in [-0.1, -0.05) is 12.1 Å². The number of halogens is 3. The number of esters is 2. The average Bonchev–Trinajstić information content (AvgIpc) is 3.59. The lowest BCUT2D eigenvalue weighted by Crippen LogP contribution is -2.65. The minimum absolute atomic E-state index is 0.146. The van der Waals surface area contributed by atoms with E-state index in [9.17, 15) is 27.9 Å². The van der Waals surface area contributed by atoms with E-state index in [-0.39, 0.29) is 12.1 Å². The van der Waals surface area contributed by atoms with Crippen molar-refractivity contribution in [1.29, 1.82) is 0 Å². The van der Waals surface area contributed by atoms with Crippen LogP contribution in [-0.2, 0) is 29.5 Å². The van der Waals surface area contributed by atoms with Gasteiger partial charge in [0.1, 0.15) is 12.5 Å². The summed E-state index contributed by atoms with van der Waals surface area (Å²) in [7, 11) is 0. The van der Waals surface area contributed by atoms with Crippen LogP contribution in [0, 0.1) is 5.92 Å². The Labute approximate surface area is 226 Å². The Balaban J connectivity index is 0.000000505. The summed E-state index contributed by atoms with van der Waals surface area (Å²) in [6.45, 7) is 5.99. The zero-order valence-electron chi connectivity index (χ0n) is 20.8. The number of rotatable bonds is 9. The number of piperidine rings is 3. The summed E-state index contributed by atoms with van der Waals surface area (Å²) in [6, 6.07) is 7.24. The molecule has 8 nitrogen and oxygen atoms in total. The number of hydrogen-bond donors (Lipinski definition) is 1. The van der Waals surface area contributed by atoms with Crippen LogP contribution in [0.5, 0.6) is 0 Å². The molecule has 0 unspecified atom stereocenters. The number of fused-ring (bicyclic) bond motifs is 3. The van der Waals surface area contributed by atoms with Crippen molar-refractivity contribution in [3.05, 3.63) is 44.8 Å². The van der Waals surface area contributed by atoms with E-state index in [2.05, 4.69) is 0 Å². The minimum Gasteiger partial charge on any atom is -0.542 e. The molecule has 2 aromatic rings. The maximum Gasteiger partial charge on any atom is 0.430 e. The number of alkyl halides is 3. The second-order valence-electron chi connectivity index (χ2n) is 9.34. The molecule has 3 saturated heterocycles. The number of thiophene rings is 2. The quantitative estimate of drug-likeness (QED) is 0.360. The van der Waals surface area contributed by atoms with E-state index in [0.29, 0.717) is 28.7 Å². The lowest BCUT2D eigenvalue weighted by molar-refractivity contribution is -0.946. The van der Waals surface area contributed by atoms with Gasteiger partial charge >= 0.3 is 18.1 Å². The SMILES string of the molecule is CCOC(=O)CCC[N+]12CCC(CC1)[C@@H](OC(=O)C(O)(c1cccs1)c1cccs1)C2.O=C([O-])C(F)(F)F. The standard InChI is InChI=1S/C23H30NO5S2.C2HF3O2/c1-2-28-21(25)8-3-11-24-12-9-17(10-13-24)18(16-24)29-22(26)23(27,19-6-4-14-30-19)20-7-5-15-31-20;3-2(4,5)1(6)7/h4-7,14-15,17-18,27H,2-3,8-13,16H2,1H3;(H,6,7)/q+1;/p-1/t17?,18-,24?;/m0./s1. The van der Waals surface area contributed by atoms with Crippen LogP contribution >= 0.6 is 22.7 Å². The first-order chi connectivity index (χ1) is 17.9. The van der Waals surface area contributed by atoms with Gasteiger partial charge < -0.3 is 29.0 Å². The predicted molar refractivity (Wildman–Crippen MR) is 131 cm³/mol. The molecule has 3 fully saturated rings. The first-order valence-electron chi connectivity index (χ1n) is 12.2. The molecule has 0 radical (unpaired) electrons. The lowest BCUT2D eigenvalue weighted by atomic mass is 9.83. The highest BCUT2D eigenvalue weighted by Crippen LogP contribution is 2.40. The Bertz CT molecular complexity index is 1030. The van der Waals surface area contributed by atoms with Gasteiger partial charge in [0.2, 0.25) is 5.60 Å². The Morgan fingerprint density at radius 3 is 2.11 bits per heavy atom. The molecule has 13 heteroatoms. The van der Waals surface area contributed by atoms with Gasteiger partial charge in [-0.05, 0) is 29.8 Å². The van der Waals surface area contributed by atoms with Crippen LogP contribution in [0.2, 0.25) is 0 Å². The maximum atomic E-state index is 13.4. The van der Waals surface area contributed by atoms with Gasteiger partial charge in [-0.25, -0.2) is 4.79 Å². The Hall–Kier alpha value is -2.48. The number of aliphatic hydroxyl groups is 1. The van der Waals surface area contributed by atoms with Crippen molar-refractivity contribution in [2.75, 3.05) is 32.8 Å². The van der Waals surface area contributed by atoms with Gasteiger partial charge in [0.25, 0.3) is 0 Å². The van der Waals surface area contributed by atoms with E-state index in [1.54, 1.807) is 12.1 Å². The van der Waals surface area contributed by atoms with Crippen molar-refractivity contribution in [1.82, 2.24) is 0 Å². The molecule has 2 bridgehead atoms. The third kappa shape index (κ3) is 7.13. The molecular weight excluding hydrogens is 547 g/mol. The van der Waals surface area contributed by atoms with Gasteiger partial charge in [0.15, 0.2) is 6.10 Å². The highest BCUT2D eigenvalue weighted by Gasteiger charge is 2.51. The first kappa shape index (κ1) is 30.1. The maximum absolute atomic E-state index is 13.4. The molecule has 0 aromatic carbocycles. The zero-order chi connectivity index (χ0) is 28.0. The van der Waals surface area contributed by atoms with E-state index in [1.165, 1.54) is 22.7 Å². The highest BCUT2D eigenvalue weighted by atomic mass is 32.1. The van der Waals surface area contributed by atoms with Crippen LogP contribution in [-0.4, -0.2) is 72.6 Å². The summed E-state index contributed by atoms with van der Waals surface area (Å²) in [6.07, 6.45) is -2.18. The number of carboxylic acids is 1. The van der Waals surface area contributed by atoms with Crippen molar-refractivity contribution in [2.24, 2.45) is 5.92 Å². The van der Waals surface area contributed by atoms with Crippen LogP contribution in [0.15, 0.2) is 35.0 Å². The van der Waals surface area contributed by atoms with Gasteiger partial charge in [-0.15, -0.1) is 22.7 Å². The lowest BCUT2D eigenvalue weighted by Gasteiger charge is -2.52. The average molecular weight is 578 g/mol. The van der Waals surface area contributed by atoms with E-state index in [1.807, 2.05) is 29.8 Å². The van der Waals surface area contributed by atoms with Crippen molar-refractivity contribution < 1.29 is 51.7 Å². The monoisotopic (exact) mass is 577 g/mol. The number of ether oxygens (including phenoxy) is 2. The molecule has 0 spiro atoms. The van der Waals surface area contributed by atoms with Crippen molar-refractivity contribution in [2.45, 2.75) is 50.5 Å². The normalized spacial score (nSPS) is 22.8. The second-order valence-corrected chi connectivity index (χ2v) is 11.2. The van der Waals surface area contributed by atoms with Gasteiger partial charge in [0.05, 0.1) is 42.4 Å². The topological polar surface area (TPSA) is 113 Å². The molecule has 3 aliphatic rings. The number of nitrogens with zero attached hydrogens (tertiary/aromatic N) is 1. The molecular formula is C25H30F3NO7S2. The van der Waals surface area contributed by atoms with E-state index in [0.717, 1.165) is 49.9 Å². The fourth-order valence-corrected chi connectivity index (χ4v) is 6.69. The zero-order valence-corrected chi connectivity index (χ0v) is 22.4. The minimum atomic E-state index is -5.19. The molecule has 38 heavy (non-hydrogen) atoms. The predicted octanol–water partition coefficient (Wildman–Crippen LogP) is 2.84. The third-order valence-electron chi connectivity index (χ3n) is 6.90. The van der Waals surface area contributed by atoms with E-state index < -0.39 is 23.7 Å². The highest BCUT2D eigenvalue weighted by molar-refractivity contribution is 7.12. The van der Waals surface area contributed by atoms with Gasteiger partial charge in [-0.2, -0.15) is 13.2 Å². The van der Waals surface area contributed by atoms with Crippen LogP contribution in [0.3, 0.4) is 0 Å². The fraction of sp³-hybridized carbons (Fsp3) is 0.560. The van der Waals surface area contributed by atoms with E-state index in [4.69, 9.17) is 19.4 Å². The number of carbonyl (C=O) groups excluding carboxylic acids is 3. The van der Waals surface area contributed by atoms with Gasteiger partial charge in [0, 0.05) is 25.2 Å². The molecule has 0 aliphatic carbocycles. The fourth-order valence-electron chi connectivity index (χ4n) is 4.98. The van der Waals surface area contributed by atoms with Crippen LogP contribution in [0.1, 0.15) is 42.4 Å². The molecule has 5 rings (SSSR count). The second kappa shape index (κ2) is 12.6. The molecule has 210 valence electrons. The van der Waals surface area contributed by atoms with E-state index >= 15 is 0 Å². The molecule has 1 N–H and O–H groups in total. The molecule has 5 heterocycles. The summed E-state index contributed by atoms with van der Waals surface area (Å²) in [5.74, 6) is -3.40. The number of aliphatic carboxylic acids is 1. The molecule has 3 aliphatic heterocycles. The number of hydrogen-bond acceptors (Lipinski definition) is 9. The largest absolute Gasteiger partial charge is 0.542 e. The summed E-state index contributed by atoms with van der Waals surface area (Å²) in [5, 5.41) is 24.0. The number of carbonyl (C=O) groups is 3. The van der Waals surface area contributed by atoms with Crippen molar-refractivity contribution in [3.8, 4) is 0 Å². The van der Waals surface area contributed by atoms with Crippen LogP contribution < -0.4 is 5.11 Å². The first-order valence-corrected chi connectivity index (χ1v) is 14.0. The Kier molecular flexibility index (Phi) is 9.96. The Morgan fingerprint density at radius 2 is 1.66 bits per heavy atom. The number of carboxylic acid groups (broad SMARTS) is 1. The molecule has 2 aromatic heterocycles. The van der Waals surface area contributed by atoms with Gasteiger partial charge in [-0.3, -0.25) is 4.79 Å². The van der Waals surface area contributed by atoms with Crippen LogP contribution in [0.4, 0.5) is 13.2 Å². The summed E-state index contributed by atoms with van der Waals surface area (Å²) < 4.78 is 43.5. The van der Waals surface area contributed by atoms with Crippen LogP contribution in [0.25, 0.3) is 0 Å². The van der Waals surface area contributed by atoms with Crippen molar-refractivity contribution >= 4 is 40.6 Å².